The van der Waals surface area contributed by atoms with E-state index in [1.54, 1.807) is 6.07 Å². The first kappa shape index (κ1) is 20.6. The molecule has 0 aromatic carbocycles. The smallest absolute Gasteiger partial charge is 0.311 e. The van der Waals surface area contributed by atoms with Gasteiger partial charge in [-0.05, 0) is 37.3 Å². The molecule has 30 heavy (non-hydrogen) atoms. The summed E-state index contributed by atoms with van der Waals surface area (Å²) in [7, 11) is 0. The molecule has 2 aromatic heterocycles. The number of ether oxygens (including phenoxy) is 1. The van der Waals surface area contributed by atoms with Crippen LogP contribution in [-0.2, 0) is 20.9 Å². The predicted molar refractivity (Wildman–Crippen MR) is 112 cm³/mol. The quantitative estimate of drug-likeness (QED) is 0.723. The second-order valence-electron chi connectivity index (χ2n) is 8.84. The highest BCUT2D eigenvalue weighted by Gasteiger charge is 2.42. The van der Waals surface area contributed by atoms with E-state index < -0.39 is 11.9 Å². The molecule has 2 aromatic rings. The number of rotatable bonds is 4. The van der Waals surface area contributed by atoms with Crippen molar-refractivity contribution in [3.8, 4) is 0 Å². The summed E-state index contributed by atoms with van der Waals surface area (Å²) in [5.41, 5.74) is 1.53. The van der Waals surface area contributed by atoms with Crippen LogP contribution in [0.1, 0.15) is 50.9 Å². The molecular weight excluding hydrogens is 382 g/mol. The first-order valence-electron chi connectivity index (χ1n) is 10.8. The van der Waals surface area contributed by atoms with Crippen LogP contribution < -0.4 is 5.56 Å². The van der Waals surface area contributed by atoms with Crippen LogP contribution in [0.3, 0.4) is 0 Å². The molecule has 4 rings (SSSR count). The molecule has 0 unspecified atom stereocenters. The molecule has 160 valence electrons. The Hall–Kier alpha value is -2.70. The molecule has 0 bridgehead atoms. The second-order valence-corrected chi connectivity index (χ2v) is 8.84. The zero-order chi connectivity index (χ0) is 21.4. The summed E-state index contributed by atoms with van der Waals surface area (Å²) in [6.07, 6.45) is 3.52. The highest BCUT2D eigenvalue weighted by atomic mass is 16.5. The van der Waals surface area contributed by atoms with Crippen LogP contribution in [0, 0.1) is 24.7 Å². The van der Waals surface area contributed by atoms with E-state index in [4.69, 9.17) is 4.74 Å². The predicted octanol–water partition coefficient (Wildman–Crippen LogP) is 2.72. The lowest BCUT2D eigenvalue weighted by molar-refractivity contribution is -0.149. The summed E-state index contributed by atoms with van der Waals surface area (Å²) in [6.45, 7) is 6.64. The van der Waals surface area contributed by atoms with Crippen LogP contribution in [-0.4, -0.2) is 38.7 Å². The number of likely N-dealkylation sites (tertiary alicyclic amines) is 1. The summed E-state index contributed by atoms with van der Waals surface area (Å²) in [5, 5.41) is 0. The van der Waals surface area contributed by atoms with Gasteiger partial charge in [0.2, 0.25) is 5.91 Å². The van der Waals surface area contributed by atoms with Gasteiger partial charge in [-0.1, -0.05) is 32.8 Å². The maximum Gasteiger partial charge on any atom is 0.311 e. The van der Waals surface area contributed by atoms with Crippen molar-refractivity contribution in [3.05, 3.63) is 46.0 Å². The largest absolute Gasteiger partial charge is 0.459 e. The summed E-state index contributed by atoms with van der Waals surface area (Å²) in [4.78, 5) is 43.9. The zero-order valence-electron chi connectivity index (χ0n) is 17.8. The Labute approximate surface area is 176 Å². The molecule has 0 N–H and O–H groups in total. The Kier molecular flexibility index (Phi) is 5.62. The number of carbonyl (C=O) groups is 2. The number of carbonyl (C=O) groups excluding carboxylic acids is 2. The third-order valence-corrected chi connectivity index (χ3v) is 6.85. The molecule has 1 aliphatic heterocycles. The highest BCUT2D eigenvalue weighted by Crippen LogP contribution is 2.35. The lowest BCUT2D eigenvalue weighted by Gasteiger charge is -2.39. The lowest BCUT2D eigenvalue weighted by atomic mass is 9.77. The molecule has 1 saturated heterocycles. The Morgan fingerprint density at radius 3 is 2.83 bits per heavy atom. The van der Waals surface area contributed by atoms with Crippen LogP contribution in [0.2, 0.25) is 0 Å². The van der Waals surface area contributed by atoms with Gasteiger partial charge in [0, 0.05) is 30.8 Å². The summed E-state index contributed by atoms with van der Waals surface area (Å²) < 4.78 is 6.97. The zero-order valence-corrected chi connectivity index (χ0v) is 17.8. The second kappa shape index (κ2) is 8.20. The van der Waals surface area contributed by atoms with Gasteiger partial charge in [-0.3, -0.25) is 18.8 Å². The number of hydrogen-bond donors (Lipinski definition) is 0. The van der Waals surface area contributed by atoms with Crippen molar-refractivity contribution in [2.75, 3.05) is 6.54 Å². The number of esters is 1. The molecule has 2 fully saturated rings. The minimum atomic E-state index is -0.453. The maximum absolute atomic E-state index is 12.6. The van der Waals surface area contributed by atoms with Crippen molar-refractivity contribution >= 4 is 17.5 Å². The average Bonchev–Trinajstić information content (AvgIpc) is 3.09. The first-order valence-corrected chi connectivity index (χ1v) is 10.8. The Bertz CT molecular complexity index is 1030. The van der Waals surface area contributed by atoms with Gasteiger partial charge in [0.1, 0.15) is 12.3 Å². The van der Waals surface area contributed by atoms with Gasteiger partial charge in [-0.25, -0.2) is 4.98 Å². The number of aromatic nitrogens is 2. The number of fused-ring (bicyclic) bond motifs is 1. The minimum Gasteiger partial charge on any atom is -0.459 e. The van der Waals surface area contributed by atoms with Gasteiger partial charge >= 0.3 is 5.97 Å². The number of pyridine rings is 1. The molecule has 4 atom stereocenters. The topological polar surface area (TPSA) is 81.0 Å². The molecule has 2 aliphatic rings. The van der Waals surface area contributed by atoms with Crippen LogP contribution in [0.4, 0.5) is 0 Å². The van der Waals surface area contributed by atoms with Crippen molar-refractivity contribution in [2.24, 2.45) is 17.8 Å². The SMILES string of the molecule is Cc1cccc2nc(COC(=O)[C@@H]3CC(=O)N([C@@H]4CCC[C@H](C)[C@@H]4C)C3)cc(=O)n12. The normalized spacial score (nSPS) is 26.9. The number of amides is 1. The third-order valence-electron chi connectivity index (χ3n) is 6.85. The fraction of sp³-hybridized carbons (Fsp3) is 0.565. The Morgan fingerprint density at radius 2 is 2.03 bits per heavy atom. The molecular formula is C23H29N3O4. The van der Waals surface area contributed by atoms with Crippen molar-refractivity contribution in [1.82, 2.24) is 14.3 Å². The lowest BCUT2D eigenvalue weighted by Crippen LogP contribution is -2.45. The standard InChI is InChI=1S/C23H29N3O4/c1-14-6-4-8-19(16(14)3)25-12-17(10-21(25)27)23(29)30-13-18-11-22(28)26-15(2)7-5-9-20(26)24-18/h5,7,9,11,14,16-17,19H,4,6,8,10,12-13H2,1-3H3/t14-,16-,17+,19+/m0/s1. The fourth-order valence-corrected chi connectivity index (χ4v) is 4.90. The van der Waals surface area contributed by atoms with Crippen LogP contribution in [0.15, 0.2) is 29.1 Å². The van der Waals surface area contributed by atoms with Crippen LogP contribution >= 0.6 is 0 Å². The molecule has 0 spiro atoms. The van der Waals surface area contributed by atoms with Crippen molar-refractivity contribution in [3.63, 3.8) is 0 Å². The van der Waals surface area contributed by atoms with E-state index in [2.05, 4.69) is 18.8 Å². The van der Waals surface area contributed by atoms with E-state index in [9.17, 15) is 14.4 Å². The fourth-order valence-electron chi connectivity index (χ4n) is 4.90. The van der Waals surface area contributed by atoms with E-state index in [0.717, 1.165) is 18.5 Å². The molecule has 0 radical (unpaired) electrons. The van der Waals surface area contributed by atoms with Crippen LogP contribution in [0.5, 0.6) is 0 Å². The highest BCUT2D eigenvalue weighted by molar-refractivity contribution is 5.87. The van der Waals surface area contributed by atoms with Gasteiger partial charge in [0.15, 0.2) is 0 Å². The van der Waals surface area contributed by atoms with E-state index in [1.165, 1.54) is 16.9 Å². The summed E-state index contributed by atoms with van der Waals surface area (Å²) in [6, 6.07) is 7.03. The monoisotopic (exact) mass is 411 g/mol. The molecule has 1 saturated carbocycles. The number of hydrogen-bond acceptors (Lipinski definition) is 5. The number of nitrogens with zero attached hydrogens (tertiary/aromatic N) is 3. The van der Waals surface area contributed by atoms with E-state index in [1.807, 2.05) is 24.0 Å². The first-order chi connectivity index (χ1) is 14.3. The Balaban J connectivity index is 1.41. The summed E-state index contributed by atoms with van der Waals surface area (Å²) in [5.74, 6) is 0.222. The van der Waals surface area contributed by atoms with Gasteiger partial charge in [-0.15, -0.1) is 0 Å². The van der Waals surface area contributed by atoms with E-state index >= 15 is 0 Å². The van der Waals surface area contributed by atoms with E-state index in [-0.39, 0.29) is 30.5 Å². The Morgan fingerprint density at radius 1 is 1.23 bits per heavy atom. The molecule has 7 heteroatoms. The summed E-state index contributed by atoms with van der Waals surface area (Å²) >= 11 is 0. The van der Waals surface area contributed by atoms with Gasteiger partial charge < -0.3 is 9.64 Å². The molecule has 1 amide bonds. The number of aryl methyl sites for hydroxylation is 1. The van der Waals surface area contributed by atoms with Gasteiger partial charge in [-0.2, -0.15) is 0 Å². The average molecular weight is 412 g/mol. The third kappa shape index (κ3) is 3.85. The molecule has 3 heterocycles. The van der Waals surface area contributed by atoms with Gasteiger partial charge in [0.25, 0.3) is 5.56 Å². The van der Waals surface area contributed by atoms with Crippen LogP contribution in [0.25, 0.3) is 5.65 Å². The van der Waals surface area contributed by atoms with Crippen molar-refractivity contribution in [1.29, 1.82) is 0 Å². The molecule has 1 aliphatic carbocycles. The molecule has 7 nitrogen and oxygen atoms in total. The van der Waals surface area contributed by atoms with Crippen molar-refractivity contribution in [2.45, 2.75) is 59.1 Å². The van der Waals surface area contributed by atoms with Crippen molar-refractivity contribution < 1.29 is 14.3 Å². The minimum absolute atomic E-state index is 0.0421. The maximum atomic E-state index is 12.6. The van der Waals surface area contributed by atoms with E-state index in [0.29, 0.717) is 29.7 Å². The van der Waals surface area contributed by atoms with Gasteiger partial charge in [0.05, 0.1) is 11.6 Å².